The van der Waals surface area contributed by atoms with Gasteiger partial charge in [-0.15, -0.1) is 11.3 Å². The summed E-state index contributed by atoms with van der Waals surface area (Å²) in [4.78, 5) is 9.44. The van der Waals surface area contributed by atoms with Crippen LogP contribution >= 0.6 is 11.3 Å². The van der Waals surface area contributed by atoms with Crippen molar-refractivity contribution in [3.63, 3.8) is 0 Å². The van der Waals surface area contributed by atoms with E-state index in [9.17, 15) is 0 Å². The fourth-order valence-electron chi connectivity index (χ4n) is 2.70. The van der Waals surface area contributed by atoms with Crippen molar-refractivity contribution in [1.82, 2.24) is 10.4 Å². The molecule has 0 saturated carbocycles. The van der Waals surface area contributed by atoms with Gasteiger partial charge in [-0.25, -0.2) is 9.98 Å². The minimum Gasteiger partial charge on any atom is -0.259 e. The smallest absolute Gasteiger partial charge is 0.183 e. The summed E-state index contributed by atoms with van der Waals surface area (Å²) < 4.78 is 1.12. The Balaban J connectivity index is 1.58. The molecular formula is C24H20N4S. The van der Waals surface area contributed by atoms with Crippen LogP contribution in [0, 0.1) is 6.92 Å². The average molecular weight is 397 g/mol. The Morgan fingerprint density at radius 2 is 1.69 bits per heavy atom. The van der Waals surface area contributed by atoms with Crippen LogP contribution in [0.3, 0.4) is 0 Å². The highest BCUT2D eigenvalue weighted by atomic mass is 32.1. The summed E-state index contributed by atoms with van der Waals surface area (Å²) in [6, 6.07) is 26.2. The van der Waals surface area contributed by atoms with E-state index in [0.29, 0.717) is 5.84 Å². The number of amidine groups is 1. The number of benzene rings is 3. The molecule has 4 aromatic rings. The summed E-state index contributed by atoms with van der Waals surface area (Å²) in [6.45, 7) is 2.06. The first-order chi connectivity index (χ1) is 14.3. The van der Waals surface area contributed by atoms with Gasteiger partial charge in [0, 0.05) is 6.21 Å². The molecule has 1 N–H and O–H groups in total. The Kier molecular flexibility index (Phi) is 5.88. The number of hydrogen-bond donors (Lipinski definition) is 1. The average Bonchev–Trinajstić information content (AvgIpc) is 3.19. The van der Waals surface area contributed by atoms with E-state index < -0.39 is 0 Å². The van der Waals surface area contributed by atoms with Gasteiger partial charge in [0.15, 0.2) is 10.8 Å². The molecule has 0 atom stereocenters. The lowest BCUT2D eigenvalue weighted by atomic mass is 10.2. The second-order valence-electron chi connectivity index (χ2n) is 6.44. The second kappa shape index (κ2) is 9.08. The van der Waals surface area contributed by atoms with Crippen molar-refractivity contribution in [2.75, 3.05) is 0 Å². The Morgan fingerprint density at radius 1 is 0.931 bits per heavy atom. The summed E-state index contributed by atoms with van der Waals surface area (Å²) in [6.07, 6.45) is 5.61. The van der Waals surface area contributed by atoms with Crippen molar-refractivity contribution in [3.05, 3.63) is 101 Å². The zero-order valence-electron chi connectivity index (χ0n) is 16.0. The van der Waals surface area contributed by atoms with E-state index in [1.54, 1.807) is 17.6 Å². The van der Waals surface area contributed by atoms with E-state index in [-0.39, 0.29) is 0 Å². The van der Waals surface area contributed by atoms with Crippen LogP contribution in [0.2, 0.25) is 0 Å². The molecule has 0 spiro atoms. The fourth-order valence-corrected chi connectivity index (χ4v) is 3.61. The lowest BCUT2D eigenvalue weighted by Gasteiger charge is -2.02. The number of thiazole rings is 1. The molecule has 0 radical (unpaired) electrons. The van der Waals surface area contributed by atoms with Crippen molar-refractivity contribution in [2.45, 2.75) is 6.92 Å². The van der Waals surface area contributed by atoms with Crippen molar-refractivity contribution in [3.8, 4) is 0 Å². The van der Waals surface area contributed by atoms with Gasteiger partial charge in [-0.3, -0.25) is 5.43 Å². The molecule has 1 aromatic heterocycles. The van der Waals surface area contributed by atoms with Gasteiger partial charge in [-0.05, 0) is 42.8 Å². The SMILES string of the molecule is Cc1ccc(N=C(NN=CC=Cc2ccccc2)c2nc3ccccc3s2)cc1. The molecule has 0 aliphatic rings. The van der Waals surface area contributed by atoms with Gasteiger partial charge in [-0.2, -0.15) is 5.10 Å². The topological polar surface area (TPSA) is 49.6 Å². The molecular weight excluding hydrogens is 376 g/mol. The lowest BCUT2D eigenvalue weighted by molar-refractivity contribution is 1.03. The minimum atomic E-state index is 0.624. The third kappa shape index (κ3) is 5.03. The van der Waals surface area contributed by atoms with E-state index in [4.69, 9.17) is 9.98 Å². The van der Waals surface area contributed by atoms with E-state index in [1.165, 1.54) is 5.56 Å². The van der Waals surface area contributed by atoms with E-state index >= 15 is 0 Å². The Bertz CT molecular complexity index is 1140. The van der Waals surface area contributed by atoms with Gasteiger partial charge in [0.2, 0.25) is 0 Å². The van der Waals surface area contributed by atoms with Crippen molar-refractivity contribution in [1.29, 1.82) is 0 Å². The van der Waals surface area contributed by atoms with Crippen LogP contribution in [0.4, 0.5) is 5.69 Å². The summed E-state index contributed by atoms with van der Waals surface area (Å²) in [5.74, 6) is 0.624. The van der Waals surface area contributed by atoms with Crippen LogP contribution in [-0.4, -0.2) is 17.0 Å². The first-order valence-electron chi connectivity index (χ1n) is 9.30. The van der Waals surface area contributed by atoms with Gasteiger partial charge in [0.05, 0.1) is 15.9 Å². The Labute approximate surface area is 174 Å². The molecule has 1 heterocycles. The van der Waals surface area contributed by atoms with Gasteiger partial charge in [-0.1, -0.05) is 66.2 Å². The zero-order valence-corrected chi connectivity index (χ0v) is 16.8. The maximum atomic E-state index is 4.74. The van der Waals surface area contributed by atoms with E-state index in [1.807, 2.05) is 84.9 Å². The zero-order chi connectivity index (χ0) is 19.9. The third-order valence-corrected chi connectivity index (χ3v) is 5.23. The highest BCUT2D eigenvalue weighted by Crippen LogP contribution is 2.23. The van der Waals surface area contributed by atoms with Gasteiger partial charge in [0.25, 0.3) is 0 Å². The molecule has 0 bridgehead atoms. The number of rotatable bonds is 5. The molecule has 0 aliphatic heterocycles. The number of nitrogens with zero attached hydrogens (tertiary/aromatic N) is 3. The number of aliphatic imine (C=N–C) groups is 1. The summed E-state index contributed by atoms with van der Waals surface area (Å²) in [5.41, 5.74) is 7.19. The third-order valence-electron chi connectivity index (χ3n) is 4.19. The molecule has 0 aliphatic carbocycles. The molecule has 0 fully saturated rings. The van der Waals surface area contributed by atoms with E-state index in [2.05, 4.69) is 23.5 Å². The van der Waals surface area contributed by atoms with Crippen LogP contribution < -0.4 is 5.43 Å². The molecule has 0 saturated heterocycles. The van der Waals surface area contributed by atoms with Crippen LogP contribution in [-0.2, 0) is 0 Å². The van der Waals surface area contributed by atoms with Crippen molar-refractivity contribution < 1.29 is 0 Å². The maximum Gasteiger partial charge on any atom is 0.183 e. The second-order valence-corrected chi connectivity index (χ2v) is 7.47. The van der Waals surface area contributed by atoms with Gasteiger partial charge < -0.3 is 0 Å². The minimum absolute atomic E-state index is 0.624. The number of hydrazone groups is 1. The lowest BCUT2D eigenvalue weighted by Crippen LogP contribution is -2.18. The number of nitrogens with one attached hydrogen (secondary N) is 1. The number of allylic oxidation sites excluding steroid dienone is 1. The highest BCUT2D eigenvalue weighted by molar-refractivity contribution is 7.20. The number of para-hydroxylation sites is 1. The Hall–Kier alpha value is -3.57. The van der Waals surface area contributed by atoms with Gasteiger partial charge >= 0.3 is 0 Å². The highest BCUT2D eigenvalue weighted by Gasteiger charge is 2.10. The first kappa shape index (κ1) is 18.8. The quantitative estimate of drug-likeness (QED) is 0.257. The molecule has 142 valence electrons. The van der Waals surface area contributed by atoms with Crippen LogP contribution in [0.1, 0.15) is 16.1 Å². The van der Waals surface area contributed by atoms with Crippen LogP contribution in [0.15, 0.2) is 95.0 Å². The number of fused-ring (bicyclic) bond motifs is 1. The number of aryl methyl sites for hydroxylation is 1. The number of hydrogen-bond acceptors (Lipinski definition) is 4. The number of aromatic nitrogens is 1. The molecule has 0 amide bonds. The standard InChI is InChI=1S/C24H20N4S/c1-18-13-15-20(16-14-18)26-23(24-27-21-11-5-6-12-22(21)29-24)28-25-17-7-10-19-8-3-2-4-9-19/h2-17H,1H3,(H,26,28). The van der Waals surface area contributed by atoms with Crippen molar-refractivity contribution in [2.24, 2.45) is 10.1 Å². The predicted molar refractivity (Wildman–Crippen MR) is 124 cm³/mol. The Morgan fingerprint density at radius 3 is 2.48 bits per heavy atom. The molecule has 4 nitrogen and oxygen atoms in total. The van der Waals surface area contributed by atoms with E-state index in [0.717, 1.165) is 26.5 Å². The monoisotopic (exact) mass is 396 g/mol. The maximum absolute atomic E-state index is 4.74. The van der Waals surface area contributed by atoms with Crippen molar-refractivity contribution >= 4 is 45.4 Å². The van der Waals surface area contributed by atoms with Crippen LogP contribution in [0.25, 0.3) is 16.3 Å². The normalized spacial score (nSPS) is 12.2. The molecule has 0 unspecified atom stereocenters. The molecule has 29 heavy (non-hydrogen) atoms. The molecule has 4 rings (SSSR count). The summed E-state index contributed by atoms with van der Waals surface area (Å²) in [5, 5.41) is 5.12. The fraction of sp³-hybridized carbons (Fsp3) is 0.0417. The largest absolute Gasteiger partial charge is 0.259 e. The summed E-state index contributed by atoms with van der Waals surface area (Å²) in [7, 11) is 0. The summed E-state index contributed by atoms with van der Waals surface area (Å²) >= 11 is 1.59. The first-order valence-corrected chi connectivity index (χ1v) is 10.1. The molecule has 5 heteroatoms. The predicted octanol–water partition coefficient (Wildman–Crippen LogP) is 5.97. The van der Waals surface area contributed by atoms with Crippen LogP contribution in [0.5, 0.6) is 0 Å². The van der Waals surface area contributed by atoms with Gasteiger partial charge in [0.1, 0.15) is 0 Å². The molecule has 3 aromatic carbocycles.